The summed E-state index contributed by atoms with van der Waals surface area (Å²) in [6, 6.07) is 9.17. The van der Waals surface area contributed by atoms with Gasteiger partial charge < -0.3 is 14.7 Å². The van der Waals surface area contributed by atoms with Crippen molar-refractivity contribution >= 4 is 17.7 Å². The first-order chi connectivity index (χ1) is 10.1. The number of nitrogens with zero attached hydrogens (tertiary/aromatic N) is 1. The highest BCUT2D eigenvalue weighted by Gasteiger charge is 2.22. The van der Waals surface area contributed by atoms with Crippen molar-refractivity contribution < 1.29 is 19.4 Å². The van der Waals surface area contributed by atoms with E-state index in [9.17, 15) is 9.59 Å². The zero-order valence-electron chi connectivity index (χ0n) is 11.8. The van der Waals surface area contributed by atoms with E-state index in [1.165, 1.54) is 0 Å². The number of benzene rings is 1. The molecule has 0 unspecified atom stereocenters. The molecule has 21 heavy (non-hydrogen) atoms. The third kappa shape index (κ3) is 5.43. The van der Waals surface area contributed by atoms with Crippen LogP contribution >= 0.6 is 0 Å². The minimum atomic E-state index is -0.782. The van der Waals surface area contributed by atoms with Crippen LogP contribution in [0.1, 0.15) is 19.3 Å². The molecule has 1 fully saturated rings. The Kier molecular flexibility index (Phi) is 5.57. The lowest BCUT2D eigenvalue weighted by molar-refractivity contribution is -0.137. The normalized spacial score (nSPS) is 16.4. The van der Waals surface area contributed by atoms with Gasteiger partial charge in [-0.1, -0.05) is 18.2 Å². The van der Waals surface area contributed by atoms with Crippen LogP contribution in [0.5, 0.6) is 0 Å². The molecule has 6 nitrogen and oxygen atoms in total. The van der Waals surface area contributed by atoms with Gasteiger partial charge in [0.2, 0.25) is 0 Å². The number of aliphatic carboxylic acids is 1. The van der Waals surface area contributed by atoms with Crippen molar-refractivity contribution in [2.45, 2.75) is 25.4 Å². The number of piperidine rings is 1. The fourth-order valence-corrected chi connectivity index (χ4v) is 2.32. The van der Waals surface area contributed by atoms with E-state index < -0.39 is 12.1 Å². The first-order valence-electron chi connectivity index (χ1n) is 7.10. The second kappa shape index (κ2) is 7.64. The summed E-state index contributed by atoms with van der Waals surface area (Å²) in [4.78, 5) is 24.4. The van der Waals surface area contributed by atoms with E-state index in [4.69, 9.17) is 9.84 Å². The number of anilines is 1. The molecule has 2 rings (SSSR count). The number of nitrogens with one attached hydrogen (secondary N) is 1. The van der Waals surface area contributed by atoms with Crippen molar-refractivity contribution in [3.05, 3.63) is 30.3 Å². The second-order valence-corrected chi connectivity index (χ2v) is 5.08. The molecule has 1 aliphatic rings. The predicted octanol–water partition coefficient (Wildman–Crippen LogP) is 2.17. The number of carbonyl (C=O) groups excluding carboxylic acids is 1. The number of carboxylic acid groups (broad SMARTS) is 1. The molecule has 1 amide bonds. The molecule has 0 aromatic heterocycles. The van der Waals surface area contributed by atoms with Crippen LogP contribution in [0.2, 0.25) is 0 Å². The fraction of sp³-hybridized carbons (Fsp3) is 0.467. The van der Waals surface area contributed by atoms with Crippen LogP contribution < -0.4 is 5.32 Å². The van der Waals surface area contributed by atoms with Crippen molar-refractivity contribution in [3.63, 3.8) is 0 Å². The third-order valence-corrected chi connectivity index (χ3v) is 3.47. The molecule has 0 aliphatic carbocycles. The monoisotopic (exact) mass is 292 g/mol. The first kappa shape index (κ1) is 15.3. The zero-order valence-corrected chi connectivity index (χ0v) is 11.8. The summed E-state index contributed by atoms with van der Waals surface area (Å²) in [7, 11) is 0. The van der Waals surface area contributed by atoms with E-state index in [1.807, 2.05) is 18.2 Å². The molecule has 1 aliphatic heterocycles. The number of para-hydroxylation sites is 1. The molecule has 0 atom stereocenters. The Bertz CT molecular complexity index is 470. The Morgan fingerprint density at radius 3 is 2.52 bits per heavy atom. The van der Waals surface area contributed by atoms with E-state index in [0.717, 1.165) is 25.9 Å². The van der Waals surface area contributed by atoms with Gasteiger partial charge in [0.15, 0.2) is 0 Å². The molecule has 1 saturated heterocycles. The smallest absolute Gasteiger partial charge is 0.411 e. The van der Waals surface area contributed by atoms with Crippen molar-refractivity contribution in [3.8, 4) is 0 Å². The van der Waals surface area contributed by atoms with Gasteiger partial charge >= 0.3 is 12.1 Å². The van der Waals surface area contributed by atoms with Crippen molar-refractivity contribution in [1.82, 2.24) is 4.90 Å². The van der Waals surface area contributed by atoms with Crippen LogP contribution in [0.15, 0.2) is 30.3 Å². The summed E-state index contributed by atoms with van der Waals surface area (Å²) in [5.74, 6) is -0.782. The fourth-order valence-electron chi connectivity index (χ4n) is 2.32. The molecular weight excluding hydrogens is 272 g/mol. The summed E-state index contributed by atoms with van der Waals surface area (Å²) in [5, 5.41) is 11.3. The Hall–Kier alpha value is -2.08. The number of hydrogen-bond donors (Lipinski definition) is 2. The summed E-state index contributed by atoms with van der Waals surface area (Å²) in [6.07, 6.45) is 1.09. The predicted molar refractivity (Wildman–Crippen MR) is 78.3 cm³/mol. The Morgan fingerprint density at radius 2 is 1.90 bits per heavy atom. The minimum absolute atomic E-state index is 0.102. The van der Waals surface area contributed by atoms with E-state index in [0.29, 0.717) is 12.2 Å². The van der Waals surface area contributed by atoms with E-state index in [1.54, 1.807) is 12.1 Å². The lowest BCUT2D eigenvalue weighted by Crippen LogP contribution is -2.39. The first-order valence-corrected chi connectivity index (χ1v) is 7.10. The highest BCUT2D eigenvalue weighted by atomic mass is 16.6. The maximum atomic E-state index is 11.8. The number of hydrogen-bond acceptors (Lipinski definition) is 4. The minimum Gasteiger partial charge on any atom is -0.481 e. The van der Waals surface area contributed by atoms with Gasteiger partial charge in [-0.25, -0.2) is 4.79 Å². The topological polar surface area (TPSA) is 78.9 Å². The zero-order chi connectivity index (χ0) is 15.1. The molecule has 1 aromatic carbocycles. The highest BCUT2D eigenvalue weighted by molar-refractivity contribution is 5.84. The number of rotatable bonds is 5. The van der Waals surface area contributed by atoms with Gasteiger partial charge in [-0.3, -0.25) is 10.1 Å². The number of amides is 1. The summed E-state index contributed by atoms with van der Waals surface area (Å²) in [6.45, 7) is 2.07. The van der Waals surface area contributed by atoms with Crippen LogP contribution in [-0.4, -0.2) is 47.8 Å². The number of likely N-dealkylation sites (tertiary alicyclic amines) is 1. The number of carbonyl (C=O) groups is 2. The third-order valence-electron chi connectivity index (χ3n) is 3.47. The molecule has 0 radical (unpaired) electrons. The molecule has 6 heteroatoms. The van der Waals surface area contributed by atoms with E-state index in [-0.39, 0.29) is 12.5 Å². The average Bonchev–Trinajstić information content (AvgIpc) is 2.47. The molecule has 0 bridgehead atoms. The molecule has 2 N–H and O–H groups in total. The molecule has 1 aromatic rings. The lowest BCUT2D eigenvalue weighted by Gasteiger charge is -2.31. The van der Waals surface area contributed by atoms with Crippen molar-refractivity contribution in [2.75, 3.05) is 25.0 Å². The standard InChI is InChI=1S/C15H20N2O4/c18-14(19)8-11-17-9-6-13(7-10-17)21-15(20)16-12-4-2-1-3-5-12/h1-5,13H,6-11H2,(H,16,20)(H,18,19). The van der Waals surface area contributed by atoms with Gasteiger partial charge in [0.05, 0.1) is 6.42 Å². The van der Waals surface area contributed by atoms with Crippen LogP contribution in [0.25, 0.3) is 0 Å². The second-order valence-electron chi connectivity index (χ2n) is 5.08. The lowest BCUT2D eigenvalue weighted by atomic mass is 10.1. The summed E-state index contributed by atoms with van der Waals surface area (Å²) in [5.41, 5.74) is 0.710. The molecule has 0 saturated carbocycles. The molecule has 1 heterocycles. The van der Waals surface area contributed by atoms with Gasteiger partial charge in [-0.2, -0.15) is 0 Å². The summed E-state index contributed by atoms with van der Waals surface area (Å²) < 4.78 is 5.38. The van der Waals surface area contributed by atoms with Crippen molar-refractivity contribution in [1.29, 1.82) is 0 Å². The maximum absolute atomic E-state index is 11.8. The Morgan fingerprint density at radius 1 is 1.24 bits per heavy atom. The van der Waals surface area contributed by atoms with Crippen LogP contribution in [-0.2, 0) is 9.53 Å². The Balaban J connectivity index is 1.68. The molecule has 0 spiro atoms. The van der Waals surface area contributed by atoms with Gasteiger partial charge in [0.1, 0.15) is 6.10 Å². The molecular formula is C15H20N2O4. The average molecular weight is 292 g/mol. The number of carboxylic acids is 1. The van der Waals surface area contributed by atoms with Crippen LogP contribution in [0.3, 0.4) is 0 Å². The SMILES string of the molecule is O=C(O)CCN1CCC(OC(=O)Nc2ccccc2)CC1. The van der Waals surface area contributed by atoms with Gasteiger partial charge in [0.25, 0.3) is 0 Å². The Labute approximate surface area is 123 Å². The maximum Gasteiger partial charge on any atom is 0.411 e. The van der Waals surface area contributed by atoms with Crippen molar-refractivity contribution in [2.24, 2.45) is 0 Å². The van der Waals surface area contributed by atoms with Gasteiger partial charge in [0, 0.05) is 25.3 Å². The summed E-state index contributed by atoms with van der Waals surface area (Å²) >= 11 is 0. The van der Waals surface area contributed by atoms with E-state index >= 15 is 0 Å². The largest absolute Gasteiger partial charge is 0.481 e. The number of ether oxygens (including phenoxy) is 1. The van der Waals surface area contributed by atoms with E-state index in [2.05, 4.69) is 10.2 Å². The van der Waals surface area contributed by atoms with Gasteiger partial charge in [-0.15, -0.1) is 0 Å². The molecule has 114 valence electrons. The highest BCUT2D eigenvalue weighted by Crippen LogP contribution is 2.15. The van der Waals surface area contributed by atoms with Crippen LogP contribution in [0, 0.1) is 0 Å². The van der Waals surface area contributed by atoms with Gasteiger partial charge in [-0.05, 0) is 25.0 Å². The van der Waals surface area contributed by atoms with Crippen LogP contribution in [0.4, 0.5) is 10.5 Å². The quantitative estimate of drug-likeness (QED) is 0.869.